The minimum absolute atomic E-state index is 0.0120. The maximum Gasteiger partial charge on any atom is 0.331 e. The fourth-order valence-electron chi connectivity index (χ4n) is 1.64. The molecule has 0 bridgehead atoms. The first-order valence-electron chi connectivity index (χ1n) is 4.68. The van der Waals surface area contributed by atoms with E-state index in [4.69, 9.17) is 9.84 Å². The van der Waals surface area contributed by atoms with Gasteiger partial charge in [0, 0.05) is 27.2 Å². The van der Waals surface area contributed by atoms with Crippen LogP contribution in [-0.2, 0) is 9.53 Å². The SMILES string of the molecule is COCC(C)(C(=O)O)N1CCN(C)C1=O. The number of hydrogen-bond donors (Lipinski definition) is 1. The van der Waals surface area contributed by atoms with Crippen LogP contribution in [0.3, 0.4) is 0 Å². The van der Waals surface area contributed by atoms with Crippen molar-refractivity contribution in [2.75, 3.05) is 33.9 Å². The van der Waals surface area contributed by atoms with Crippen LogP contribution in [0.2, 0.25) is 0 Å². The molecule has 0 aliphatic carbocycles. The van der Waals surface area contributed by atoms with Gasteiger partial charge in [-0.25, -0.2) is 9.59 Å². The molecule has 1 N–H and O–H groups in total. The molecule has 2 amide bonds. The molecule has 1 aliphatic rings. The summed E-state index contributed by atoms with van der Waals surface area (Å²) >= 11 is 0. The first kappa shape index (κ1) is 11.8. The van der Waals surface area contributed by atoms with Crippen molar-refractivity contribution in [2.45, 2.75) is 12.5 Å². The summed E-state index contributed by atoms with van der Waals surface area (Å²) in [5.74, 6) is -1.05. The lowest BCUT2D eigenvalue weighted by Crippen LogP contribution is -2.56. The minimum Gasteiger partial charge on any atom is -0.479 e. The molecule has 0 aromatic rings. The number of carboxylic acid groups (broad SMARTS) is 1. The van der Waals surface area contributed by atoms with E-state index in [1.165, 1.54) is 23.8 Å². The van der Waals surface area contributed by atoms with Gasteiger partial charge in [0.1, 0.15) is 0 Å². The van der Waals surface area contributed by atoms with Crippen LogP contribution >= 0.6 is 0 Å². The van der Waals surface area contributed by atoms with Crippen LogP contribution < -0.4 is 0 Å². The number of aliphatic carboxylic acids is 1. The summed E-state index contributed by atoms with van der Waals surface area (Å²) in [7, 11) is 3.07. The van der Waals surface area contributed by atoms with Crippen LogP contribution in [0.15, 0.2) is 0 Å². The number of carbonyl (C=O) groups excluding carboxylic acids is 1. The zero-order valence-electron chi connectivity index (χ0n) is 9.19. The third-order valence-corrected chi connectivity index (χ3v) is 2.70. The summed E-state index contributed by atoms with van der Waals surface area (Å²) in [5.41, 5.74) is -1.28. The Kier molecular flexibility index (Phi) is 3.18. The molecule has 1 rings (SSSR count). The predicted octanol–water partition coefficient (Wildman–Crippen LogP) is -0.156. The van der Waals surface area contributed by atoms with Crippen LogP contribution in [0.25, 0.3) is 0 Å². The van der Waals surface area contributed by atoms with Crippen molar-refractivity contribution >= 4 is 12.0 Å². The molecule has 0 saturated carbocycles. The number of likely N-dealkylation sites (N-methyl/N-ethyl adjacent to an activating group) is 1. The molecule has 1 unspecified atom stereocenters. The number of nitrogens with zero attached hydrogens (tertiary/aromatic N) is 2. The molecule has 0 aromatic heterocycles. The van der Waals surface area contributed by atoms with Crippen LogP contribution in [0.4, 0.5) is 4.79 Å². The fourth-order valence-corrected chi connectivity index (χ4v) is 1.64. The Morgan fingerprint density at radius 3 is 2.53 bits per heavy atom. The number of ether oxygens (including phenoxy) is 1. The number of carboxylic acids is 1. The Bertz CT molecular complexity index is 281. The van der Waals surface area contributed by atoms with Gasteiger partial charge in [0.2, 0.25) is 0 Å². The molecule has 6 nitrogen and oxygen atoms in total. The average molecular weight is 216 g/mol. The van der Waals surface area contributed by atoms with Gasteiger partial charge in [-0.05, 0) is 6.92 Å². The molecule has 1 aliphatic heterocycles. The molecule has 6 heteroatoms. The average Bonchev–Trinajstić information content (AvgIpc) is 2.48. The van der Waals surface area contributed by atoms with Gasteiger partial charge in [-0.3, -0.25) is 0 Å². The molecule has 86 valence electrons. The highest BCUT2D eigenvalue weighted by Crippen LogP contribution is 2.21. The summed E-state index contributed by atoms with van der Waals surface area (Å²) in [4.78, 5) is 25.7. The third-order valence-electron chi connectivity index (χ3n) is 2.70. The van der Waals surface area contributed by atoms with Crippen molar-refractivity contribution in [1.29, 1.82) is 0 Å². The van der Waals surface area contributed by atoms with Crippen molar-refractivity contribution < 1.29 is 19.4 Å². The van der Waals surface area contributed by atoms with Crippen molar-refractivity contribution in [2.24, 2.45) is 0 Å². The normalized spacial score (nSPS) is 20.6. The van der Waals surface area contributed by atoms with E-state index >= 15 is 0 Å². The largest absolute Gasteiger partial charge is 0.479 e. The maximum absolute atomic E-state index is 11.7. The van der Waals surface area contributed by atoms with E-state index in [2.05, 4.69) is 0 Å². The summed E-state index contributed by atoms with van der Waals surface area (Å²) in [6.07, 6.45) is 0. The first-order valence-corrected chi connectivity index (χ1v) is 4.68. The molecule has 1 atom stereocenters. The smallest absolute Gasteiger partial charge is 0.331 e. The summed E-state index contributed by atoms with van der Waals surface area (Å²) in [6.45, 7) is 2.45. The quantitative estimate of drug-likeness (QED) is 0.709. The molecular formula is C9H16N2O4. The lowest BCUT2D eigenvalue weighted by Gasteiger charge is -2.33. The summed E-state index contributed by atoms with van der Waals surface area (Å²) in [5, 5.41) is 9.14. The molecule has 1 heterocycles. The van der Waals surface area contributed by atoms with Gasteiger partial charge in [0.15, 0.2) is 5.54 Å². The van der Waals surface area contributed by atoms with Gasteiger partial charge < -0.3 is 19.6 Å². The molecule has 0 spiro atoms. The van der Waals surface area contributed by atoms with E-state index < -0.39 is 11.5 Å². The second-order valence-electron chi connectivity index (χ2n) is 3.87. The summed E-state index contributed by atoms with van der Waals surface area (Å²) in [6, 6.07) is -0.267. The first-order chi connectivity index (χ1) is 6.93. The van der Waals surface area contributed by atoms with Gasteiger partial charge in [0.25, 0.3) is 0 Å². The number of urea groups is 1. The second-order valence-corrected chi connectivity index (χ2v) is 3.87. The monoisotopic (exact) mass is 216 g/mol. The van der Waals surface area contributed by atoms with Crippen molar-refractivity contribution in [3.63, 3.8) is 0 Å². The maximum atomic E-state index is 11.7. The van der Waals surface area contributed by atoms with E-state index in [0.29, 0.717) is 13.1 Å². The highest BCUT2D eigenvalue weighted by molar-refractivity contribution is 5.87. The second kappa shape index (κ2) is 4.06. The van der Waals surface area contributed by atoms with Gasteiger partial charge in [-0.1, -0.05) is 0 Å². The Hall–Kier alpha value is -1.30. The molecular weight excluding hydrogens is 200 g/mol. The Morgan fingerprint density at radius 1 is 1.60 bits per heavy atom. The van der Waals surface area contributed by atoms with Crippen molar-refractivity contribution in [3.8, 4) is 0 Å². The van der Waals surface area contributed by atoms with Crippen LogP contribution in [0, 0.1) is 0 Å². The van der Waals surface area contributed by atoms with E-state index in [1.54, 1.807) is 7.05 Å². The zero-order chi connectivity index (χ0) is 11.6. The van der Waals surface area contributed by atoms with Gasteiger partial charge in [0.05, 0.1) is 6.61 Å². The summed E-state index contributed by atoms with van der Waals surface area (Å²) < 4.78 is 4.87. The van der Waals surface area contributed by atoms with E-state index in [1.807, 2.05) is 0 Å². The van der Waals surface area contributed by atoms with E-state index in [9.17, 15) is 9.59 Å². The molecule has 0 radical (unpaired) electrons. The number of methoxy groups -OCH3 is 1. The number of rotatable bonds is 4. The van der Waals surface area contributed by atoms with Crippen LogP contribution in [0.5, 0.6) is 0 Å². The number of carbonyl (C=O) groups is 2. The highest BCUT2D eigenvalue weighted by atomic mass is 16.5. The van der Waals surface area contributed by atoms with Crippen LogP contribution in [-0.4, -0.2) is 66.3 Å². The Morgan fingerprint density at radius 2 is 2.20 bits per heavy atom. The lowest BCUT2D eigenvalue weighted by molar-refractivity contribution is -0.151. The molecule has 0 aromatic carbocycles. The standard InChI is InChI=1S/C9H16N2O4/c1-9(6-15-3,7(12)13)11-5-4-10(2)8(11)14/h4-6H2,1-3H3,(H,12,13). The van der Waals surface area contributed by atoms with E-state index in [-0.39, 0.29) is 12.6 Å². The van der Waals surface area contributed by atoms with Gasteiger partial charge in [-0.15, -0.1) is 0 Å². The highest BCUT2D eigenvalue weighted by Gasteiger charge is 2.46. The van der Waals surface area contributed by atoms with Gasteiger partial charge in [-0.2, -0.15) is 0 Å². The molecule has 1 saturated heterocycles. The Balaban J connectivity index is 2.90. The minimum atomic E-state index is -1.28. The molecule has 15 heavy (non-hydrogen) atoms. The number of hydrogen-bond acceptors (Lipinski definition) is 3. The van der Waals surface area contributed by atoms with E-state index in [0.717, 1.165) is 0 Å². The fraction of sp³-hybridized carbons (Fsp3) is 0.778. The van der Waals surface area contributed by atoms with Gasteiger partial charge >= 0.3 is 12.0 Å². The van der Waals surface area contributed by atoms with Crippen molar-refractivity contribution in [3.05, 3.63) is 0 Å². The number of amides is 2. The molecule has 1 fully saturated rings. The predicted molar refractivity (Wildman–Crippen MR) is 52.6 cm³/mol. The van der Waals surface area contributed by atoms with Crippen LogP contribution in [0.1, 0.15) is 6.92 Å². The Labute approximate surface area is 88.4 Å². The van der Waals surface area contributed by atoms with Crippen molar-refractivity contribution in [1.82, 2.24) is 9.80 Å². The third kappa shape index (κ3) is 1.90. The topological polar surface area (TPSA) is 70.1 Å². The lowest BCUT2D eigenvalue weighted by atomic mass is 10.0. The zero-order valence-corrected chi connectivity index (χ0v) is 9.19.